The van der Waals surface area contributed by atoms with Gasteiger partial charge in [0.05, 0.1) is 17.4 Å². The lowest BCUT2D eigenvalue weighted by molar-refractivity contribution is 0.767. The number of hydrogen-bond acceptors (Lipinski definition) is 6. The van der Waals surface area contributed by atoms with Gasteiger partial charge >= 0.3 is 0 Å². The fourth-order valence-corrected chi connectivity index (χ4v) is 8.09. The first kappa shape index (κ1) is 38.1. The summed E-state index contributed by atoms with van der Waals surface area (Å²) in [5.74, 6) is 1.88. The molecule has 4 heterocycles. The van der Waals surface area contributed by atoms with Crippen LogP contribution in [-0.4, -0.2) is 24.9 Å². The maximum absolute atomic E-state index is 5.04. The van der Waals surface area contributed by atoms with Crippen LogP contribution in [0.4, 0.5) is 0 Å². The Morgan fingerprint density at radius 3 is 1.56 bits per heavy atom. The van der Waals surface area contributed by atoms with Crippen LogP contribution in [0.25, 0.3) is 79.1 Å². The van der Waals surface area contributed by atoms with Crippen molar-refractivity contribution < 1.29 is 0 Å². The van der Waals surface area contributed by atoms with E-state index in [1.54, 1.807) is 0 Å². The van der Waals surface area contributed by atoms with Gasteiger partial charge in [0.1, 0.15) is 0 Å². The molecule has 296 valence electrons. The third kappa shape index (κ3) is 7.97. The van der Waals surface area contributed by atoms with Gasteiger partial charge in [-0.15, -0.1) is 0 Å². The lowest BCUT2D eigenvalue weighted by Crippen LogP contribution is -2.22. The highest BCUT2D eigenvalue weighted by molar-refractivity contribution is 5.95. The number of dihydropyridines is 1. The zero-order chi connectivity index (χ0) is 41.8. The molecule has 1 N–H and O–H groups in total. The highest BCUT2D eigenvalue weighted by Crippen LogP contribution is 2.40. The molecule has 62 heavy (non-hydrogen) atoms. The van der Waals surface area contributed by atoms with Gasteiger partial charge in [0, 0.05) is 50.5 Å². The van der Waals surface area contributed by atoms with Crippen molar-refractivity contribution in [2.45, 2.75) is 19.9 Å². The Morgan fingerprint density at radius 2 is 0.903 bits per heavy atom. The Balaban J connectivity index is 1.10. The predicted molar refractivity (Wildman–Crippen MR) is 252 cm³/mol. The summed E-state index contributed by atoms with van der Waals surface area (Å²) in [5.41, 5.74) is 16.3. The molecule has 6 nitrogen and oxygen atoms in total. The standard InChI is InChI=1S/C56H42N6/c1-37-17-14-29-50(57-37)43-31-32-47(49(34-43)51-30-15-18-38(2)58-51)45-35-52(39-19-6-3-7-20-39)59-53(36-45)48-28-13-12-27-46(48)42-25-16-26-44(33-42)56-61-54(40-21-8-4-9-22-40)60-55(62-56)41-23-10-5-11-24-41/h3-36,52,59H,1-2H3. The van der Waals surface area contributed by atoms with Crippen LogP contribution < -0.4 is 5.32 Å². The first-order chi connectivity index (χ1) is 30.5. The number of nitrogens with zero attached hydrogens (tertiary/aromatic N) is 5. The van der Waals surface area contributed by atoms with Crippen LogP contribution in [0.5, 0.6) is 0 Å². The van der Waals surface area contributed by atoms with E-state index in [1.165, 1.54) is 5.56 Å². The molecular formula is C56H42N6. The van der Waals surface area contributed by atoms with Gasteiger partial charge in [-0.25, -0.2) is 15.0 Å². The first-order valence-corrected chi connectivity index (χ1v) is 20.9. The number of pyridine rings is 2. The van der Waals surface area contributed by atoms with Crippen molar-refractivity contribution >= 4 is 11.3 Å². The van der Waals surface area contributed by atoms with Crippen LogP contribution in [0.3, 0.4) is 0 Å². The molecule has 6 heteroatoms. The first-order valence-electron chi connectivity index (χ1n) is 20.9. The topological polar surface area (TPSA) is 76.5 Å². The lowest BCUT2D eigenvalue weighted by atomic mass is 9.87. The third-order valence-corrected chi connectivity index (χ3v) is 11.1. The molecule has 0 amide bonds. The summed E-state index contributed by atoms with van der Waals surface area (Å²) in [7, 11) is 0. The summed E-state index contributed by atoms with van der Waals surface area (Å²) >= 11 is 0. The summed E-state index contributed by atoms with van der Waals surface area (Å²) in [4.78, 5) is 24.9. The van der Waals surface area contributed by atoms with Crippen molar-refractivity contribution in [2.75, 3.05) is 0 Å². The number of aryl methyl sites for hydroxylation is 2. The van der Waals surface area contributed by atoms with Gasteiger partial charge in [-0.3, -0.25) is 9.97 Å². The molecule has 10 rings (SSSR count). The summed E-state index contributed by atoms with van der Waals surface area (Å²) in [6.07, 6.45) is 4.61. The minimum atomic E-state index is -0.0972. The van der Waals surface area contributed by atoms with Crippen LogP contribution in [0, 0.1) is 13.8 Å². The van der Waals surface area contributed by atoms with E-state index in [-0.39, 0.29) is 6.04 Å². The van der Waals surface area contributed by atoms with Gasteiger partial charge in [0.2, 0.25) is 0 Å². The number of nitrogens with one attached hydrogen (secondary N) is 1. The van der Waals surface area contributed by atoms with Crippen molar-refractivity contribution in [3.05, 3.63) is 234 Å². The fraction of sp³-hybridized carbons (Fsp3) is 0.0536. The maximum Gasteiger partial charge on any atom is 0.164 e. The molecule has 0 saturated heterocycles. The number of benzene rings is 6. The Hall–Kier alpha value is -8.09. The Labute approximate surface area is 362 Å². The van der Waals surface area contributed by atoms with Crippen LogP contribution >= 0.6 is 0 Å². The average molecular weight is 799 g/mol. The molecule has 0 bridgehead atoms. The molecule has 0 spiro atoms. The molecule has 1 atom stereocenters. The Bertz CT molecular complexity index is 3060. The van der Waals surface area contributed by atoms with E-state index in [9.17, 15) is 0 Å². The molecule has 1 aliphatic heterocycles. The largest absolute Gasteiger partial charge is 0.374 e. The Morgan fingerprint density at radius 1 is 0.371 bits per heavy atom. The third-order valence-electron chi connectivity index (χ3n) is 11.1. The van der Waals surface area contributed by atoms with Gasteiger partial charge in [-0.1, -0.05) is 158 Å². The number of rotatable bonds is 9. The van der Waals surface area contributed by atoms with E-state index in [0.717, 1.165) is 84.1 Å². The minimum Gasteiger partial charge on any atom is -0.374 e. The van der Waals surface area contributed by atoms with E-state index in [2.05, 4.69) is 139 Å². The number of hydrogen-bond donors (Lipinski definition) is 1. The number of aromatic nitrogens is 5. The molecule has 9 aromatic rings. The molecule has 6 aromatic carbocycles. The highest BCUT2D eigenvalue weighted by atomic mass is 15.0. The quantitative estimate of drug-likeness (QED) is 0.157. The van der Waals surface area contributed by atoms with Crippen LogP contribution in [0.2, 0.25) is 0 Å². The number of allylic oxidation sites excluding steroid dienone is 2. The minimum absolute atomic E-state index is 0.0972. The van der Waals surface area contributed by atoms with Gasteiger partial charge in [-0.05, 0) is 90.2 Å². The monoisotopic (exact) mass is 798 g/mol. The smallest absolute Gasteiger partial charge is 0.164 e. The SMILES string of the molecule is Cc1cccc(-c2ccc(C3=CC(c4ccccc4)NC(c4ccccc4-c4cccc(-c5nc(-c6ccccc6)nc(-c6ccccc6)n5)c4)=C3)c(-c3cccc(C)n3)c2)n1. The molecular weight excluding hydrogens is 757 g/mol. The van der Waals surface area contributed by atoms with Gasteiger partial charge < -0.3 is 5.32 Å². The predicted octanol–water partition coefficient (Wildman–Crippen LogP) is 13.0. The van der Waals surface area contributed by atoms with Crippen molar-refractivity contribution in [1.29, 1.82) is 0 Å². The van der Waals surface area contributed by atoms with Gasteiger partial charge in [0.15, 0.2) is 17.5 Å². The summed E-state index contributed by atoms with van der Waals surface area (Å²) < 4.78 is 0. The van der Waals surface area contributed by atoms with Crippen molar-refractivity contribution in [2.24, 2.45) is 0 Å². The van der Waals surface area contributed by atoms with E-state index >= 15 is 0 Å². The molecule has 0 saturated carbocycles. The fourth-order valence-electron chi connectivity index (χ4n) is 8.09. The summed E-state index contributed by atoms with van der Waals surface area (Å²) in [6, 6.07) is 66.8. The van der Waals surface area contributed by atoms with Gasteiger partial charge in [0.25, 0.3) is 0 Å². The van der Waals surface area contributed by atoms with E-state index in [4.69, 9.17) is 24.9 Å². The molecule has 0 fully saturated rings. The normalized spacial score (nSPS) is 13.5. The summed E-state index contributed by atoms with van der Waals surface area (Å²) in [5, 5.41) is 3.93. The zero-order valence-electron chi connectivity index (χ0n) is 34.4. The second kappa shape index (κ2) is 16.9. The van der Waals surface area contributed by atoms with Gasteiger partial charge in [-0.2, -0.15) is 0 Å². The maximum atomic E-state index is 5.04. The second-order valence-electron chi connectivity index (χ2n) is 15.5. The van der Waals surface area contributed by atoms with E-state index in [1.807, 2.05) is 86.6 Å². The van der Waals surface area contributed by atoms with E-state index in [0.29, 0.717) is 17.5 Å². The van der Waals surface area contributed by atoms with Crippen molar-refractivity contribution in [3.8, 4) is 67.8 Å². The van der Waals surface area contributed by atoms with E-state index < -0.39 is 0 Å². The molecule has 3 aromatic heterocycles. The zero-order valence-corrected chi connectivity index (χ0v) is 34.4. The van der Waals surface area contributed by atoms with Crippen molar-refractivity contribution in [3.63, 3.8) is 0 Å². The van der Waals surface area contributed by atoms with Crippen LogP contribution in [0.1, 0.15) is 34.1 Å². The Kier molecular flexibility index (Phi) is 10.4. The van der Waals surface area contributed by atoms with Crippen molar-refractivity contribution in [1.82, 2.24) is 30.2 Å². The van der Waals surface area contributed by atoms with Crippen LogP contribution in [-0.2, 0) is 0 Å². The van der Waals surface area contributed by atoms with Crippen LogP contribution in [0.15, 0.2) is 206 Å². The average Bonchev–Trinajstić information content (AvgIpc) is 3.34. The molecule has 1 aliphatic rings. The molecule has 0 aliphatic carbocycles. The molecule has 1 unspecified atom stereocenters. The highest BCUT2D eigenvalue weighted by Gasteiger charge is 2.23. The second-order valence-corrected chi connectivity index (χ2v) is 15.5. The summed E-state index contributed by atoms with van der Waals surface area (Å²) in [6.45, 7) is 4.07. The lowest BCUT2D eigenvalue weighted by Gasteiger charge is -2.27. The molecule has 0 radical (unpaired) electrons.